The molecule has 0 spiro atoms. The normalized spacial score (nSPS) is 17.4. The zero-order valence-corrected chi connectivity index (χ0v) is 21.2. The summed E-state index contributed by atoms with van der Waals surface area (Å²) in [4.78, 5) is 18.5. The number of nitrogens with one attached hydrogen (secondary N) is 2. The molecule has 0 saturated heterocycles. The molecule has 10 nitrogen and oxygen atoms in total. The first-order chi connectivity index (χ1) is 16.9. The van der Waals surface area contributed by atoms with Crippen molar-refractivity contribution in [3.8, 4) is 5.75 Å². The number of allylic oxidation sites excluding steroid dienone is 1. The maximum absolute atomic E-state index is 14.2. The summed E-state index contributed by atoms with van der Waals surface area (Å²) in [7, 11) is 1.25. The van der Waals surface area contributed by atoms with Gasteiger partial charge in [0.15, 0.2) is 0 Å². The summed E-state index contributed by atoms with van der Waals surface area (Å²) in [6, 6.07) is 1.32. The number of hydrogen-bond acceptors (Lipinski definition) is 8. The number of methoxy groups -OCH3 is 1. The van der Waals surface area contributed by atoms with Crippen molar-refractivity contribution < 1.29 is 34.4 Å². The molecule has 1 fully saturated rings. The maximum atomic E-state index is 14.2. The molecule has 0 bridgehead atoms. The van der Waals surface area contributed by atoms with E-state index in [0.717, 1.165) is 43.5 Å². The van der Waals surface area contributed by atoms with Gasteiger partial charge in [0.1, 0.15) is 17.3 Å². The molecule has 1 saturated carbocycles. The third-order valence-corrected chi connectivity index (χ3v) is 6.66. The molecular formula is C25H35FN5O5+. The first kappa shape index (κ1) is 27.3. The number of hydrogen-bond donors (Lipinski definition) is 5. The van der Waals surface area contributed by atoms with Crippen molar-refractivity contribution in [2.45, 2.75) is 65.3 Å². The van der Waals surface area contributed by atoms with Crippen molar-refractivity contribution in [2.24, 2.45) is 5.41 Å². The lowest BCUT2D eigenvalue weighted by atomic mass is 9.72. The number of nitrogens with zero attached hydrogens (tertiary/aromatic N) is 3. The van der Waals surface area contributed by atoms with Gasteiger partial charge in [-0.1, -0.05) is 13.8 Å². The lowest BCUT2D eigenvalue weighted by Gasteiger charge is -2.33. The molecule has 196 valence electrons. The third-order valence-electron chi connectivity index (χ3n) is 6.66. The van der Waals surface area contributed by atoms with E-state index in [1.807, 2.05) is 0 Å². The maximum Gasteiger partial charge on any atom is 0.338 e. The number of halogens is 1. The Bertz CT molecular complexity index is 1110. The molecule has 36 heavy (non-hydrogen) atoms. The monoisotopic (exact) mass is 504 g/mol. The van der Waals surface area contributed by atoms with Crippen molar-refractivity contribution in [1.29, 1.82) is 0 Å². The number of benzene rings is 1. The summed E-state index contributed by atoms with van der Waals surface area (Å²) < 4.78 is 19.3. The van der Waals surface area contributed by atoms with Gasteiger partial charge in [0.05, 0.1) is 41.2 Å². The zero-order valence-electron chi connectivity index (χ0n) is 21.2. The van der Waals surface area contributed by atoms with Gasteiger partial charge < -0.3 is 15.2 Å². The van der Waals surface area contributed by atoms with Gasteiger partial charge in [0.2, 0.25) is 0 Å². The van der Waals surface area contributed by atoms with Crippen molar-refractivity contribution in [1.82, 2.24) is 15.3 Å². The lowest BCUT2D eigenvalue weighted by Crippen LogP contribution is -2.50. The highest BCUT2D eigenvalue weighted by molar-refractivity contribution is 5.89. The van der Waals surface area contributed by atoms with Crippen LogP contribution in [-0.2, 0) is 0 Å². The fourth-order valence-electron chi connectivity index (χ4n) is 4.33. The Labute approximate surface area is 209 Å². The minimum atomic E-state index is -1.88. The Morgan fingerprint density at radius 3 is 2.44 bits per heavy atom. The van der Waals surface area contributed by atoms with Crippen molar-refractivity contribution in [3.63, 3.8) is 0 Å². The number of ether oxygens (including phenoxy) is 1. The van der Waals surface area contributed by atoms with Gasteiger partial charge in [0, 0.05) is 24.3 Å². The third kappa shape index (κ3) is 6.28. The van der Waals surface area contributed by atoms with Crippen LogP contribution in [0.2, 0.25) is 0 Å². The average Bonchev–Trinajstić information content (AvgIpc) is 2.82. The molecule has 1 aliphatic rings. The number of aromatic nitrogens is 2. The second kappa shape index (κ2) is 10.8. The molecule has 1 heterocycles. The Morgan fingerprint density at radius 1 is 1.25 bits per heavy atom. The molecule has 0 aliphatic heterocycles. The predicted octanol–water partition coefficient (Wildman–Crippen LogP) is 5.14. The second-order valence-electron chi connectivity index (χ2n) is 9.90. The Morgan fingerprint density at radius 2 is 1.92 bits per heavy atom. The predicted molar refractivity (Wildman–Crippen MR) is 130 cm³/mol. The first-order valence-electron chi connectivity index (χ1n) is 11.9. The molecule has 0 amide bonds. The van der Waals surface area contributed by atoms with E-state index >= 15 is 0 Å². The highest BCUT2D eigenvalue weighted by Gasteiger charge is 2.34. The van der Waals surface area contributed by atoms with Gasteiger partial charge in [-0.15, -0.1) is 10.4 Å². The largest absolute Gasteiger partial charge is 0.494 e. The number of aromatic carboxylic acids is 1. The molecular weight excluding hydrogens is 469 g/mol. The minimum Gasteiger partial charge on any atom is -0.494 e. The summed E-state index contributed by atoms with van der Waals surface area (Å²) in [5.74, 6) is -2.33. The molecule has 5 N–H and O–H groups in total. The van der Waals surface area contributed by atoms with Gasteiger partial charge in [0.25, 0.3) is 5.82 Å². The van der Waals surface area contributed by atoms with Gasteiger partial charge in [-0.25, -0.2) is 9.18 Å². The minimum absolute atomic E-state index is 0.0875. The Kier molecular flexibility index (Phi) is 8.17. The quantitative estimate of drug-likeness (QED) is 0.232. The van der Waals surface area contributed by atoms with Crippen LogP contribution in [0.1, 0.15) is 87.1 Å². The highest BCUT2D eigenvalue weighted by atomic mass is 19.1. The summed E-state index contributed by atoms with van der Waals surface area (Å²) in [5.41, 5.74) is 3.49. The zero-order chi connectivity index (χ0) is 26.7. The first-order valence-corrected chi connectivity index (χ1v) is 11.9. The van der Waals surface area contributed by atoms with Crippen LogP contribution in [0.15, 0.2) is 36.4 Å². The smallest absolute Gasteiger partial charge is 0.338 e. The molecule has 1 aromatic heterocycles. The summed E-state index contributed by atoms with van der Waals surface area (Å²) in [6.45, 7) is 7.95. The van der Waals surface area contributed by atoms with E-state index in [2.05, 4.69) is 34.6 Å². The molecule has 1 aliphatic carbocycles. The molecule has 11 heteroatoms. The average molecular weight is 505 g/mol. The van der Waals surface area contributed by atoms with Crippen LogP contribution < -0.4 is 15.5 Å². The van der Waals surface area contributed by atoms with Crippen LogP contribution >= 0.6 is 0 Å². The van der Waals surface area contributed by atoms with Crippen LogP contribution in [0.5, 0.6) is 5.75 Å². The number of quaternary nitrogens is 1. The van der Waals surface area contributed by atoms with Gasteiger partial charge in [-0.2, -0.15) is 5.43 Å². The highest BCUT2D eigenvalue weighted by Crippen LogP contribution is 2.41. The van der Waals surface area contributed by atoms with Gasteiger partial charge in [-0.05, 0) is 51.0 Å². The van der Waals surface area contributed by atoms with E-state index < -0.39 is 28.3 Å². The molecule has 0 radical (unpaired) electrons. The lowest BCUT2D eigenvalue weighted by molar-refractivity contribution is -1.21. The van der Waals surface area contributed by atoms with E-state index in [1.54, 1.807) is 26.2 Å². The fourth-order valence-corrected chi connectivity index (χ4v) is 4.33. The van der Waals surface area contributed by atoms with Crippen LogP contribution in [0, 0.1) is 11.2 Å². The Balaban J connectivity index is 1.71. The van der Waals surface area contributed by atoms with Gasteiger partial charge in [-0.3, -0.25) is 9.97 Å². The van der Waals surface area contributed by atoms with E-state index in [-0.39, 0.29) is 17.3 Å². The topological polar surface area (TPSA) is 137 Å². The van der Waals surface area contributed by atoms with Gasteiger partial charge >= 0.3 is 5.97 Å². The van der Waals surface area contributed by atoms with E-state index in [4.69, 9.17) is 9.84 Å². The molecule has 3 rings (SSSR count). The molecule has 1 unspecified atom stereocenters. The summed E-state index contributed by atoms with van der Waals surface area (Å²) >= 11 is 0. The van der Waals surface area contributed by atoms with Crippen LogP contribution in [0.25, 0.3) is 0 Å². The van der Waals surface area contributed by atoms with E-state index in [1.165, 1.54) is 13.2 Å². The second-order valence-corrected chi connectivity index (χ2v) is 9.90. The molecule has 2 aromatic rings. The standard InChI is InChI=1S/C25H34FN5O5/c1-6-23(31(34,35)30-19-12-18(26)17(24(32)33)11-22(19)36-5)29-15(2)20-13-28-21(14-27-20)16-7-9-25(3,4)10-8-16/h6,11-16,29-30,34-35H,7-10H2,1-5H3/p+1/b23-6+. The number of carboxylic acids is 1. The van der Waals surface area contributed by atoms with E-state index in [9.17, 15) is 19.6 Å². The molecule has 1 aromatic carbocycles. The van der Waals surface area contributed by atoms with Crippen LogP contribution in [-0.4, -0.2) is 43.5 Å². The number of rotatable bonds is 9. The van der Waals surface area contributed by atoms with Crippen molar-refractivity contribution in [2.75, 3.05) is 12.5 Å². The van der Waals surface area contributed by atoms with Crippen molar-refractivity contribution in [3.05, 3.63) is 59.2 Å². The van der Waals surface area contributed by atoms with Crippen LogP contribution in [0.4, 0.5) is 10.1 Å². The summed E-state index contributed by atoms with van der Waals surface area (Å²) in [6.07, 6.45) is 9.34. The SMILES string of the molecule is C/C=C(\NC(C)c1cnc(C2CCC(C)(C)CC2)cn1)[N+](O)(O)Nc1cc(F)c(C(=O)O)cc1OC. The van der Waals surface area contributed by atoms with Crippen molar-refractivity contribution >= 4 is 11.7 Å². The fraction of sp³-hybridized carbons (Fsp3) is 0.480. The number of carbonyl (C=O) groups is 1. The number of anilines is 1. The van der Waals surface area contributed by atoms with Crippen LogP contribution in [0.3, 0.4) is 0 Å². The Hall–Kier alpha value is -3.28. The number of carboxylic acid groups (broad SMARTS) is 1. The number of hydroxylamine groups is 2. The van der Waals surface area contributed by atoms with E-state index in [0.29, 0.717) is 17.0 Å². The molecule has 1 atom stereocenters. The summed E-state index contributed by atoms with van der Waals surface area (Å²) in [5, 5.41) is 33.5.